The van der Waals surface area contributed by atoms with Crippen molar-refractivity contribution in [1.82, 2.24) is 29.9 Å². The van der Waals surface area contributed by atoms with Crippen LogP contribution in [-0.2, 0) is 0 Å². The zero-order valence-electron chi connectivity index (χ0n) is 16.6. The largest absolute Gasteiger partial charge is 0.367 e. The summed E-state index contributed by atoms with van der Waals surface area (Å²) >= 11 is 6.08. The van der Waals surface area contributed by atoms with Gasteiger partial charge >= 0.3 is 0 Å². The van der Waals surface area contributed by atoms with E-state index in [2.05, 4.69) is 40.1 Å². The normalized spacial score (nSPS) is 16.6. The van der Waals surface area contributed by atoms with Gasteiger partial charge in [-0.2, -0.15) is 0 Å². The number of aromatic amines is 1. The highest BCUT2D eigenvalue weighted by molar-refractivity contribution is 6.31. The van der Waals surface area contributed by atoms with Crippen LogP contribution in [0.4, 0.5) is 16.2 Å². The minimum absolute atomic E-state index is 0.183. The highest BCUT2D eigenvalue weighted by Gasteiger charge is 2.22. The molecule has 0 saturated carbocycles. The van der Waals surface area contributed by atoms with Gasteiger partial charge in [0, 0.05) is 55.4 Å². The monoisotopic (exact) mass is 438 g/mol. The highest BCUT2D eigenvalue weighted by atomic mass is 35.5. The molecule has 1 saturated heterocycles. The van der Waals surface area contributed by atoms with Crippen molar-refractivity contribution in [2.75, 3.05) is 29.9 Å². The standard InChI is InChI=1S/C21H20ClFN8/c22-14-7-15-16(10-28-18(15)27-9-14)19-29-11-17(23)20(30-19)26-8-13-3-1-6-31(12-13)21-24-4-2-5-25-21/h2,4-5,7,9-11,13H,1,3,6,8,12H2,(H,27,28)(H,26,29,30)/t13-/m1/s1. The van der Waals surface area contributed by atoms with Gasteiger partial charge in [-0.15, -0.1) is 0 Å². The van der Waals surface area contributed by atoms with Crippen molar-refractivity contribution in [2.24, 2.45) is 5.92 Å². The fourth-order valence-corrected chi connectivity index (χ4v) is 4.05. The molecule has 10 heteroatoms. The molecule has 4 aromatic heterocycles. The van der Waals surface area contributed by atoms with Crippen LogP contribution in [0.15, 0.2) is 43.1 Å². The third kappa shape index (κ3) is 4.13. The van der Waals surface area contributed by atoms with Crippen LogP contribution in [0.25, 0.3) is 22.4 Å². The van der Waals surface area contributed by atoms with Crippen LogP contribution in [0, 0.1) is 11.7 Å². The van der Waals surface area contributed by atoms with Gasteiger partial charge < -0.3 is 15.2 Å². The number of anilines is 2. The van der Waals surface area contributed by atoms with E-state index < -0.39 is 5.82 Å². The Hall–Kier alpha value is -3.33. The van der Waals surface area contributed by atoms with Crippen LogP contribution in [0.3, 0.4) is 0 Å². The van der Waals surface area contributed by atoms with E-state index in [1.54, 1.807) is 36.9 Å². The fraction of sp³-hybridized carbons (Fsp3) is 0.286. The van der Waals surface area contributed by atoms with Crippen LogP contribution >= 0.6 is 11.6 Å². The van der Waals surface area contributed by atoms with Crippen LogP contribution in [0.5, 0.6) is 0 Å². The van der Waals surface area contributed by atoms with Gasteiger partial charge in [0.15, 0.2) is 17.5 Å². The molecular weight excluding hydrogens is 419 g/mol. The molecule has 0 amide bonds. The van der Waals surface area contributed by atoms with Crippen molar-refractivity contribution in [1.29, 1.82) is 0 Å². The zero-order chi connectivity index (χ0) is 21.2. The van der Waals surface area contributed by atoms with E-state index in [0.29, 0.717) is 29.0 Å². The van der Waals surface area contributed by atoms with Gasteiger partial charge in [0.25, 0.3) is 0 Å². The molecule has 0 radical (unpaired) electrons. The molecule has 2 N–H and O–H groups in total. The molecule has 4 aromatic rings. The predicted molar refractivity (Wildman–Crippen MR) is 118 cm³/mol. The lowest BCUT2D eigenvalue weighted by atomic mass is 9.98. The lowest BCUT2D eigenvalue weighted by Gasteiger charge is -2.32. The van der Waals surface area contributed by atoms with Gasteiger partial charge in [-0.25, -0.2) is 29.3 Å². The van der Waals surface area contributed by atoms with E-state index in [1.807, 2.05) is 0 Å². The fourth-order valence-electron chi connectivity index (χ4n) is 3.89. The molecule has 8 nitrogen and oxygen atoms in total. The molecule has 1 fully saturated rings. The van der Waals surface area contributed by atoms with Crippen LogP contribution < -0.4 is 10.2 Å². The Labute approximate surface area is 182 Å². The van der Waals surface area contributed by atoms with Crippen LogP contribution in [0.2, 0.25) is 5.02 Å². The van der Waals surface area contributed by atoms with E-state index >= 15 is 0 Å². The lowest BCUT2D eigenvalue weighted by Crippen LogP contribution is -2.39. The first-order chi connectivity index (χ1) is 15.2. The maximum absolute atomic E-state index is 14.4. The van der Waals surface area contributed by atoms with Gasteiger partial charge in [-0.1, -0.05) is 11.6 Å². The SMILES string of the molecule is Fc1cnc(-c2c[nH]c3ncc(Cl)cc23)nc1NC[C@H]1CCCN(c2ncccn2)C1. The maximum Gasteiger partial charge on any atom is 0.225 e. The molecule has 1 aliphatic rings. The van der Waals surface area contributed by atoms with Gasteiger partial charge in [-0.3, -0.25) is 0 Å². The second-order valence-electron chi connectivity index (χ2n) is 7.53. The zero-order valence-corrected chi connectivity index (χ0v) is 17.3. The molecule has 0 bridgehead atoms. The van der Waals surface area contributed by atoms with Crippen molar-refractivity contribution in [2.45, 2.75) is 12.8 Å². The Bertz CT molecular complexity index is 1200. The number of fused-ring (bicyclic) bond motifs is 1. The summed E-state index contributed by atoms with van der Waals surface area (Å²) in [4.78, 5) is 26.8. The number of pyridine rings is 1. The second-order valence-corrected chi connectivity index (χ2v) is 7.96. The molecule has 5 heterocycles. The number of halogens is 2. The third-order valence-electron chi connectivity index (χ3n) is 5.39. The summed E-state index contributed by atoms with van der Waals surface area (Å²) in [5, 5.41) is 4.47. The average Bonchev–Trinajstić information content (AvgIpc) is 3.22. The first kappa shape index (κ1) is 19.6. The molecule has 31 heavy (non-hydrogen) atoms. The molecule has 0 unspecified atom stereocenters. The predicted octanol–water partition coefficient (Wildman–Crippen LogP) is 3.93. The van der Waals surface area contributed by atoms with Gasteiger partial charge in [-0.05, 0) is 30.9 Å². The van der Waals surface area contributed by atoms with E-state index in [4.69, 9.17) is 11.6 Å². The van der Waals surface area contributed by atoms with Gasteiger partial charge in [0.05, 0.1) is 11.2 Å². The van der Waals surface area contributed by atoms with Crippen molar-refractivity contribution in [3.8, 4) is 11.4 Å². The molecule has 1 aliphatic heterocycles. The summed E-state index contributed by atoms with van der Waals surface area (Å²) < 4.78 is 14.4. The van der Waals surface area contributed by atoms with Crippen LogP contribution in [-0.4, -0.2) is 49.5 Å². The number of rotatable bonds is 5. The Balaban J connectivity index is 1.32. The van der Waals surface area contributed by atoms with Crippen molar-refractivity contribution < 1.29 is 4.39 Å². The number of piperidine rings is 1. The summed E-state index contributed by atoms with van der Waals surface area (Å²) in [6.45, 7) is 2.32. The summed E-state index contributed by atoms with van der Waals surface area (Å²) in [6, 6.07) is 3.59. The number of hydrogen-bond acceptors (Lipinski definition) is 7. The minimum atomic E-state index is -0.487. The molecule has 0 aromatic carbocycles. The van der Waals surface area contributed by atoms with E-state index in [0.717, 1.165) is 42.8 Å². The second kappa shape index (κ2) is 8.43. The highest BCUT2D eigenvalue weighted by Crippen LogP contribution is 2.28. The molecule has 5 rings (SSSR count). The maximum atomic E-state index is 14.4. The summed E-state index contributed by atoms with van der Waals surface area (Å²) in [5.74, 6) is 1.16. The van der Waals surface area contributed by atoms with Crippen molar-refractivity contribution in [3.05, 3.63) is 54.0 Å². The van der Waals surface area contributed by atoms with E-state index in [-0.39, 0.29) is 5.82 Å². The Morgan fingerprint density at radius 2 is 2.06 bits per heavy atom. The Morgan fingerprint density at radius 1 is 1.19 bits per heavy atom. The number of nitrogens with zero attached hydrogens (tertiary/aromatic N) is 6. The van der Waals surface area contributed by atoms with E-state index in [9.17, 15) is 4.39 Å². The third-order valence-corrected chi connectivity index (χ3v) is 5.60. The van der Waals surface area contributed by atoms with Gasteiger partial charge in [0.1, 0.15) is 5.65 Å². The topological polar surface area (TPSA) is 95.5 Å². The summed E-state index contributed by atoms with van der Waals surface area (Å²) in [5.41, 5.74) is 1.39. The smallest absolute Gasteiger partial charge is 0.225 e. The number of aromatic nitrogens is 6. The number of hydrogen-bond donors (Lipinski definition) is 2. The first-order valence-electron chi connectivity index (χ1n) is 10.1. The number of nitrogens with one attached hydrogen (secondary N) is 2. The number of H-pyrrole nitrogens is 1. The minimum Gasteiger partial charge on any atom is -0.367 e. The van der Waals surface area contributed by atoms with Crippen molar-refractivity contribution in [3.63, 3.8) is 0 Å². The summed E-state index contributed by atoms with van der Waals surface area (Å²) in [7, 11) is 0. The Morgan fingerprint density at radius 3 is 2.94 bits per heavy atom. The van der Waals surface area contributed by atoms with Crippen molar-refractivity contribution >= 4 is 34.4 Å². The van der Waals surface area contributed by atoms with Gasteiger partial charge in [0.2, 0.25) is 5.95 Å². The lowest BCUT2D eigenvalue weighted by molar-refractivity contribution is 0.427. The summed E-state index contributed by atoms with van der Waals surface area (Å²) in [6.07, 6.45) is 10.1. The quantitative estimate of drug-likeness (QED) is 0.487. The Kier molecular flexibility index (Phi) is 5.33. The molecule has 0 spiro atoms. The molecule has 1 atom stereocenters. The van der Waals surface area contributed by atoms with Crippen LogP contribution in [0.1, 0.15) is 12.8 Å². The average molecular weight is 439 g/mol. The van der Waals surface area contributed by atoms with E-state index in [1.165, 1.54) is 6.20 Å². The molecular formula is C21H20ClFN8. The molecule has 0 aliphatic carbocycles. The first-order valence-corrected chi connectivity index (χ1v) is 10.5. The molecule has 158 valence electrons.